The van der Waals surface area contributed by atoms with E-state index in [4.69, 9.17) is 16.7 Å². The molecule has 0 heterocycles. The van der Waals surface area contributed by atoms with Gasteiger partial charge >= 0.3 is 5.97 Å². The van der Waals surface area contributed by atoms with Crippen molar-refractivity contribution in [3.8, 4) is 0 Å². The lowest BCUT2D eigenvalue weighted by atomic mass is 10.1. The molecule has 5 heteroatoms. The van der Waals surface area contributed by atoms with E-state index in [0.717, 1.165) is 0 Å². The molecule has 0 spiro atoms. The summed E-state index contributed by atoms with van der Waals surface area (Å²) in [6.07, 6.45) is 2.01. The lowest BCUT2D eigenvalue weighted by Crippen LogP contribution is -1.98. The van der Waals surface area contributed by atoms with Crippen LogP contribution in [0.25, 0.3) is 0 Å². The summed E-state index contributed by atoms with van der Waals surface area (Å²) >= 11 is 7.07. The second kappa shape index (κ2) is 5.37. The Morgan fingerprint density at radius 1 is 1.60 bits per heavy atom. The van der Waals surface area contributed by atoms with Crippen LogP contribution in [0.1, 0.15) is 12.0 Å². The van der Waals surface area contributed by atoms with Gasteiger partial charge in [0.2, 0.25) is 0 Å². The van der Waals surface area contributed by atoms with E-state index >= 15 is 0 Å². The van der Waals surface area contributed by atoms with E-state index in [-0.39, 0.29) is 6.42 Å². The van der Waals surface area contributed by atoms with Crippen molar-refractivity contribution in [2.24, 2.45) is 0 Å². The molecule has 2 nitrogen and oxygen atoms in total. The molecule has 0 radical (unpaired) electrons. The van der Waals surface area contributed by atoms with Crippen LogP contribution in [0.4, 0.5) is 4.39 Å². The standard InChI is InChI=1S/C10H10ClFO2S/c1-15-10-7(11)4-6(5-8(10)12)2-3-9(13)14/h4-5H,2-3H2,1H3,(H,13,14). The van der Waals surface area contributed by atoms with Gasteiger partial charge in [-0.1, -0.05) is 11.6 Å². The van der Waals surface area contributed by atoms with Crippen molar-refractivity contribution in [3.63, 3.8) is 0 Å². The first-order valence-corrected chi connectivity index (χ1v) is 5.88. The minimum atomic E-state index is -0.902. The smallest absolute Gasteiger partial charge is 0.303 e. The number of halogens is 2. The number of benzene rings is 1. The van der Waals surface area contributed by atoms with Gasteiger partial charge in [0.15, 0.2) is 0 Å². The van der Waals surface area contributed by atoms with Crippen molar-refractivity contribution < 1.29 is 14.3 Å². The maximum absolute atomic E-state index is 13.4. The summed E-state index contributed by atoms with van der Waals surface area (Å²) in [6.45, 7) is 0. The van der Waals surface area contributed by atoms with Gasteiger partial charge in [-0.15, -0.1) is 11.8 Å². The van der Waals surface area contributed by atoms with Crippen LogP contribution >= 0.6 is 23.4 Å². The zero-order valence-corrected chi connectivity index (χ0v) is 9.66. The third-order valence-corrected chi connectivity index (χ3v) is 3.12. The van der Waals surface area contributed by atoms with Gasteiger partial charge in [0.1, 0.15) is 5.82 Å². The number of aliphatic carboxylic acids is 1. The molecule has 1 aromatic rings. The number of rotatable bonds is 4. The number of carbonyl (C=O) groups is 1. The van der Waals surface area contributed by atoms with E-state index in [1.165, 1.54) is 17.8 Å². The van der Waals surface area contributed by atoms with E-state index in [9.17, 15) is 9.18 Å². The Bertz CT molecular complexity index is 359. The molecule has 0 aliphatic heterocycles. The van der Waals surface area contributed by atoms with E-state index in [2.05, 4.69) is 0 Å². The monoisotopic (exact) mass is 248 g/mol. The van der Waals surface area contributed by atoms with E-state index in [1.54, 1.807) is 12.3 Å². The van der Waals surface area contributed by atoms with Crippen molar-refractivity contribution in [2.45, 2.75) is 17.7 Å². The maximum atomic E-state index is 13.4. The molecule has 0 saturated carbocycles. The number of hydrogen-bond donors (Lipinski definition) is 1. The van der Waals surface area contributed by atoms with Crippen LogP contribution < -0.4 is 0 Å². The van der Waals surface area contributed by atoms with Gasteiger partial charge < -0.3 is 5.11 Å². The number of hydrogen-bond acceptors (Lipinski definition) is 2. The fraction of sp³-hybridized carbons (Fsp3) is 0.300. The molecule has 0 aliphatic rings. The van der Waals surface area contributed by atoms with E-state index < -0.39 is 11.8 Å². The van der Waals surface area contributed by atoms with Gasteiger partial charge in [0.05, 0.1) is 9.92 Å². The van der Waals surface area contributed by atoms with Gasteiger partial charge in [0, 0.05) is 6.42 Å². The Kier molecular flexibility index (Phi) is 4.42. The summed E-state index contributed by atoms with van der Waals surface area (Å²) < 4.78 is 13.4. The molecule has 0 aromatic heterocycles. The fourth-order valence-electron chi connectivity index (χ4n) is 1.20. The molecule has 0 unspecified atom stereocenters. The van der Waals surface area contributed by atoms with Gasteiger partial charge in [-0.25, -0.2) is 4.39 Å². The van der Waals surface area contributed by atoms with Crippen molar-refractivity contribution in [2.75, 3.05) is 6.26 Å². The third-order valence-electron chi connectivity index (χ3n) is 1.89. The maximum Gasteiger partial charge on any atom is 0.303 e. The van der Waals surface area contributed by atoms with Crippen LogP contribution in [-0.4, -0.2) is 17.3 Å². The van der Waals surface area contributed by atoms with E-state index in [1.807, 2.05) is 0 Å². The second-order valence-corrected chi connectivity index (χ2v) is 4.21. The van der Waals surface area contributed by atoms with Gasteiger partial charge in [0.25, 0.3) is 0 Å². The Morgan fingerprint density at radius 2 is 2.27 bits per heavy atom. The highest BCUT2D eigenvalue weighted by molar-refractivity contribution is 7.98. The third kappa shape index (κ3) is 3.39. The van der Waals surface area contributed by atoms with Crippen LogP contribution in [0.3, 0.4) is 0 Å². The first-order chi connectivity index (χ1) is 7.04. The summed E-state index contributed by atoms with van der Waals surface area (Å²) in [5, 5.41) is 8.82. The lowest BCUT2D eigenvalue weighted by molar-refractivity contribution is -0.136. The molecule has 1 rings (SSSR count). The molecule has 0 fully saturated rings. The highest BCUT2D eigenvalue weighted by Gasteiger charge is 2.09. The predicted molar refractivity (Wildman–Crippen MR) is 59.1 cm³/mol. The van der Waals surface area contributed by atoms with Gasteiger partial charge in [-0.3, -0.25) is 4.79 Å². The topological polar surface area (TPSA) is 37.3 Å². The SMILES string of the molecule is CSc1c(F)cc(CCC(=O)O)cc1Cl. The van der Waals surface area contributed by atoms with Gasteiger partial charge in [-0.2, -0.15) is 0 Å². The molecule has 0 aliphatic carbocycles. The first kappa shape index (κ1) is 12.3. The highest BCUT2D eigenvalue weighted by Crippen LogP contribution is 2.29. The van der Waals surface area contributed by atoms with Crippen molar-refractivity contribution in [1.82, 2.24) is 0 Å². The average molecular weight is 249 g/mol. The van der Waals surface area contributed by atoms with Crippen LogP contribution in [0.2, 0.25) is 5.02 Å². The Morgan fingerprint density at radius 3 is 2.73 bits per heavy atom. The molecule has 0 atom stereocenters. The predicted octanol–water partition coefficient (Wildman–Crippen LogP) is 3.22. The molecule has 0 bridgehead atoms. The first-order valence-electron chi connectivity index (χ1n) is 4.28. The second-order valence-electron chi connectivity index (χ2n) is 2.99. The highest BCUT2D eigenvalue weighted by atomic mass is 35.5. The molecule has 82 valence electrons. The quantitative estimate of drug-likeness (QED) is 0.832. The lowest BCUT2D eigenvalue weighted by Gasteiger charge is -2.05. The Balaban J connectivity index is 2.88. The summed E-state index contributed by atoms with van der Waals surface area (Å²) in [6, 6.07) is 2.94. The molecular weight excluding hydrogens is 239 g/mol. The minimum Gasteiger partial charge on any atom is -0.481 e. The summed E-state index contributed by atoms with van der Waals surface area (Å²) in [5.41, 5.74) is 0.609. The largest absolute Gasteiger partial charge is 0.481 e. The van der Waals surface area contributed by atoms with Gasteiger partial charge in [-0.05, 0) is 30.4 Å². The Hall–Kier alpha value is -0.740. The van der Waals surface area contributed by atoms with Crippen LogP contribution in [0.5, 0.6) is 0 Å². The minimum absolute atomic E-state index is 0.0195. The molecule has 0 amide bonds. The zero-order chi connectivity index (χ0) is 11.4. The normalized spacial score (nSPS) is 10.3. The Labute approximate surface area is 96.4 Å². The summed E-state index contributed by atoms with van der Waals surface area (Å²) in [7, 11) is 0. The number of thioether (sulfide) groups is 1. The van der Waals surface area contributed by atoms with Crippen molar-refractivity contribution in [1.29, 1.82) is 0 Å². The number of aryl methyl sites for hydroxylation is 1. The fourth-order valence-corrected chi connectivity index (χ4v) is 2.17. The summed E-state index contributed by atoms with van der Waals surface area (Å²) in [4.78, 5) is 10.7. The average Bonchev–Trinajstić information content (AvgIpc) is 2.14. The molecule has 15 heavy (non-hydrogen) atoms. The molecule has 0 saturated heterocycles. The summed E-state index contributed by atoms with van der Waals surface area (Å²) in [5.74, 6) is -1.30. The van der Waals surface area contributed by atoms with Crippen LogP contribution in [-0.2, 0) is 11.2 Å². The number of carboxylic acid groups (broad SMARTS) is 1. The van der Waals surface area contributed by atoms with Crippen molar-refractivity contribution in [3.05, 3.63) is 28.5 Å². The molecular formula is C10H10ClFO2S. The van der Waals surface area contributed by atoms with Crippen molar-refractivity contribution >= 4 is 29.3 Å². The van der Waals surface area contributed by atoms with Crippen LogP contribution in [0, 0.1) is 5.82 Å². The zero-order valence-electron chi connectivity index (χ0n) is 8.09. The van der Waals surface area contributed by atoms with E-state index in [0.29, 0.717) is 21.9 Å². The molecule has 1 N–H and O–H groups in total. The molecule has 1 aromatic carbocycles. The van der Waals surface area contributed by atoms with Crippen LogP contribution in [0.15, 0.2) is 17.0 Å². The number of carboxylic acids is 1.